The fraction of sp³-hybridized carbons (Fsp3) is 0.103. The molecular weight excluding hydrogens is 542 g/mol. The predicted octanol–water partition coefficient (Wildman–Crippen LogP) is 6.76. The molecule has 3 aromatic carbocycles. The highest BCUT2D eigenvalue weighted by molar-refractivity contribution is 7.92. The van der Waals surface area contributed by atoms with Crippen molar-refractivity contribution in [2.45, 2.75) is 11.4 Å². The van der Waals surface area contributed by atoms with Crippen molar-refractivity contribution in [3.63, 3.8) is 0 Å². The zero-order chi connectivity index (χ0) is 27.7. The van der Waals surface area contributed by atoms with Crippen LogP contribution in [0.3, 0.4) is 0 Å². The van der Waals surface area contributed by atoms with Crippen LogP contribution in [-0.2, 0) is 16.6 Å². The SMILES string of the molecule is CN(C)Cc1ccc(-c2ccnc3ccc(-c4cnc(Cl)c(NS(=O)(=O)c5ccc(F)cc5F)c4)cc23)cc1. The fourth-order valence-electron chi connectivity index (χ4n) is 4.30. The van der Waals surface area contributed by atoms with Crippen LogP contribution < -0.4 is 4.72 Å². The van der Waals surface area contributed by atoms with Gasteiger partial charge in [-0.3, -0.25) is 9.71 Å². The third-order valence-electron chi connectivity index (χ3n) is 6.11. The van der Waals surface area contributed by atoms with Crippen molar-refractivity contribution in [3.05, 3.63) is 108 Å². The molecule has 10 heteroatoms. The number of nitrogens with zero attached hydrogens (tertiary/aromatic N) is 3. The molecule has 39 heavy (non-hydrogen) atoms. The zero-order valence-corrected chi connectivity index (χ0v) is 22.6. The summed E-state index contributed by atoms with van der Waals surface area (Å²) >= 11 is 6.18. The summed E-state index contributed by atoms with van der Waals surface area (Å²) in [5, 5.41) is 0.784. The lowest BCUT2D eigenvalue weighted by Gasteiger charge is -2.13. The number of sulfonamides is 1. The van der Waals surface area contributed by atoms with Gasteiger partial charge in [0.15, 0.2) is 5.15 Å². The lowest BCUT2D eigenvalue weighted by molar-refractivity contribution is 0.402. The smallest absolute Gasteiger partial charge is 0.264 e. The molecule has 0 saturated heterocycles. The molecule has 0 aliphatic heterocycles. The van der Waals surface area contributed by atoms with Gasteiger partial charge in [-0.2, -0.15) is 0 Å². The molecule has 2 aromatic heterocycles. The van der Waals surface area contributed by atoms with Gasteiger partial charge in [0, 0.05) is 36.0 Å². The van der Waals surface area contributed by atoms with Gasteiger partial charge in [-0.15, -0.1) is 0 Å². The van der Waals surface area contributed by atoms with Gasteiger partial charge in [0.25, 0.3) is 10.0 Å². The minimum Gasteiger partial charge on any atom is -0.305 e. The van der Waals surface area contributed by atoms with Crippen LogP contribution in [0.1, 0.15) is 5.56 Å². The molecular formula is C29H23ClF2N4O2S. The van der Waals surface area contributed by atoms with Crippen LogP contribution in [0.4, 0.5) is 14.5 Å². The maximum atomic E-state index is 14.2. The number of nitrogens with one attached hydrogen (secondary N) is 1. The summed E-state index contributed by atoms with van der Waals surface area (Å²) in [7, 11) is -0.355. The van der Waals surface area contributed by atoms with Crippen molar-refractivity contribution in [2.24, 2.45) is 0 Å². The average Bonchev–Trinajstić information content (AvgIpc) is 2.89. The molecule has 0 aliphatic rings. The summed E-state index contributed by atoms with van der Waals surface area (Å²) in [5.74, 6) is -2.10. The van der Waals surface area contributed by atoms with Gasteiger partial charge in [-0.05, 0) is 72.7 Å². The van der Waals surface area contributed by atoms with E-state index in [1.807, 2.05) is 38.4 Å². The van der Waals surface area contributed by atoms with Crippen molar-refractivity contribution in [3.8, 4) is 22.3 Å². The van der Waals surface area contributed by atoms with Crippen molar-refractivity contribution < 1.29 is 17.2 Å². The summed E-state index contributed by atoms with van der Waals surface area (Å²) in [4.78, 5) is 10.0. The van der Waals surface area contributed by atoms with Gasteiger partial charge in [-0.1, -0.05) is 41.9 Å². The topological polar surface area (TPSA) is 75.2 Å². The van der Waals surface area contributed by atoms with E-state index in [9.17, 15) is 17.2 Å². The maximum absolute atomic E-state index is 14.2. The molecule has 0 atom stereocenters. The van der Waals surface area contributed by atoms with E-state index in [4.69, 9.17) is 11.6 Å². The average molecular weight is 565 g/mol. The van der Waals surface area contributed by atoms with Crippen LogP contribution >= 0.6 is 11.6 Å². The van der Waals surface area contributed by atoms with Crippen molar-refractivity contribution in [2.75, 3.05) is 18.8 Å². The molecule has 0 fully saturated rings. The number of halogens is 3. The highest BCUT2D eigenvalue weighted by Crippen LogP contribution is 2.34. The lowest BCUT2D eigenvalue weighted by atomic mass is 9.97. The third kappa shape index (κ3) is 5.75. The van der Waals surface area contributed by atoms with Gasteiger partial charge in [0.05, 0.1) is 11.2 Å². The Morgan fingerprint density at radius 2 is 1.62 bits per heavy atom. The molecule has 0 spiro atoms. The molecule has 0 saturated carbocycles. The highest BCUT2D eigenvalue weighted by Gasteiger charge is 2.21. The van der Waals surface area contributed by atoms with Crippen LogP contribution in [0.5, 0.6) is 0 Å². The largest absolute Gasteiger partial charge is 0.305 e. The van der Waals surface area contributed by atoms with Gasteiger partial charge in [0.1, 0.15) is 16.5 Å². The Morgan fingerprint density at radius 3 is 2.33 bits per heavy atom. The number of rotatable bonds is 7. The first-order valence-electron chi connectivity index (χ1n) is 11.9. The van der Waals surface area contributed by atoms with Gasteiger partial charge < -0.3 is 4.90 Å². The normalized spacial score (nSPS) is 11.7. The Balaban J connectivity index is 1.52. The summed E-state index contributed by atoms with van der Waals surface area (Å²) in [6.07, 6.45) is 3.28. The lowest BCUT2D eigenvalue weighted by Crippen LogP contribution is -2.15. The Labute approximate surface area is 230 Å². The van der Waals surface area contributed by atoms with Crippen LogP contribution in [0, 0.1) is 11.6 Å². The summed E-state index contributed by atoms with van der Waals surface area (Å²) in [5.41, 5.74) is 5.31. The predicted molar refractivity (Wildman–Crippen MR) is 150 cm³/mol. The number of hydrogen-bond donors (Lipinski definition) is 1. The molecule has 1 N–H and O–H groups in total. The van der Waals surface area contributed by atoms with Gasteiger partial charge >= 0.3 is 0 Å². The summed E-state index contributed by atoms with van der Waals surface area (Å²) in [6.45, 7) is 0.838. The van der Waals surface area contributed by atoms with Gasteiger partial charge in [-0.25, -0.2) is 22.2 Å². The third-order valence-corrected chi connectivity index (χ3v) is 7.81. The number of benzene rings is 3. The fourth-order valence-corrected chi connectivity index (χ4v) is 5.63. The maximum Gasteiger partial charge on any atom is 0.264 e. The number of anilines is 1. The van der Waals surface area contributed by atoms with E-state index in [-0.39, 0.29) is 10.8 Å². The first-order chi connectivity index (χ1) is 18.6. The van der Waals surface area contributed by atoms with Crippen LogP contribution in [0.25, 0.3) is 33.2 Å². The molecule has 2 heterocycles. The Bertz CT molecular complexity index is 1800. The Hall–Kier alpha value is -3.92. The van der Waals surface area contributed by atoms with Crippen LogP contribution in [0.15, 0.2) is 90.1 Å². The van der Waals surface area contributed by atoms with E-state index >= 15 is 0 Å². The van der Waals surface area contributed by atoms with Crippen molar-refractivity contribution >= 4 is 38.2 Å². The van der Waals surface area contributed by atoms with E-state index in [1.54, 1.807) is 6.20 Å². The summed E-state index contributed by atoms with van der Waals surface area (Å²) < 4.78 is 55.4. The highest BCUT2D eigenvalue weighted by atomic mass is 35.5. The monoisotopic (exact) mass is 564 g/mol. The molecule has 5 rings (SSSR count). The Morgan fingerprint density at radius 1 is 0.872 bits per heavy atom. The van der Waals surface area contributed by atoms with Gasteiger partial charge in [0.2, 0.25) is 0 Å². The molecule has 0 unspecified atom stereocenters. The Kier molecular flexibility index (Phi) is 7.31. The van der Waals surface area contributed by atoms with Crippen LogP contribution in [-0.4, -0.2) is 37.4 Å². The number of pyridine rings is 2. The molecule has 0 amide bonds. The van der Waals surface area contributed by atoms with E-state index in [0.717, 1.165) is 46.3 Å². The minimum absolute atomic E-state index is 0.0409. The molecule has 6 nitrogen and oxygen atoms in total. The second-order valence-electron chi connectivity index (χ2n) is 9.27. The van der Waals surface area contributed by atoms with Crippen molar-refractivity contribution in [1.29, 1.82) is 0 Å². The number of aromatic nitrogens is 2. The summed E-state index contributed by atoms with van der Waals surface area (Å²) in [6, 6.07) is 19.7. The number of hydrogen-bond acceptors (Lipinski definition) is 5. The minimum atomic E-state index is -4.40. The van der Waals surface area contributed by atoms with Crippen LogP contribution in [0.2, 0.25) is 5.15 Å². The second kappa shape index (κ2) is 10.7. The van der Waals surface area contributed by atoms with E-state index in [1.165, 1.54) is 17.8 Å². The number of fused-ring (bicyclic) bond motifs is 1. The first kappa shape index (κ1) is 26.7. The standard InChI is InChI=1S/C29H23ClF2N4O2S/c1-36(2)17-18-3-5-19(6-4-18)23-11-12-33-26-9-7-20(13-24(23)26)21-14-27(29(30)34-16-21)35-39(37,38)28-10-8-22(31)15-25(28)32/h3-16,35H,17H2,1-2H3. The van der Waals surface area contributed by atoms with E-state index < -0.39 is 26.6 Å². The van der Waals surface area contributed by atoms with E-state index in [0.29, 0.717) is 11.6 Å². The molecule has 5 aromatic rings. The first-order valence-corrected chi connectivity index (χ1v) is 13.7. The molecule has 0 bridgehead atoms. The van der Waals surface area contributed by atoms with Crippen molar-refractivity contribution in [1.82, 2.24) is 14.9 Å². The molecule has 0 aliphatic carbocycles. The molecule has 0 radical (unpaired) electrons. The molecule has 198 valence electrons. The van der Waals surface area contributed by atoms with E-state index in [2.05, 4.69) is 43.9 Å². The quantitative estimate of drug-likeness (QED) is 0.221. The zero-order valence-electron chi connectivity index (χ0n) is 21.0. The second-order valence-corrected chi connectivity index (χ2v) is 11.3.